The first-order valence-corrected chi connectivity index (χ1v) is 10.1. The highest BCUT2D eigenvalue weighted by Crippen LogP contribution is 2.30. The first-order chi connectivity index (χ1) is 13.6. The summed E-state index contributed by atoms with van der Waals surface area (Å²) in [7, 11) is 0. The van der Waals surface area contributed by atoms with Crippen LogP contribution < -0.4 is 11.1 Å². The number of benzene rings is 2. The predicted molar refractivity (Wildman–Crippen MR) is 109 cm³/mol. The zero-order chi connectivity index (χ0) is 19.5. The van der Waals surface area contributed by atoms with Crippen molar-refractivity contribution < 1.29 is 14.0 Å². The Balaban J connectivity index is 1.44. The Morgan fingerprint density at radius 3 is 2.79 bits per heavy atom. The molecule has 3 N–H and O–H groups in total. The van der Waals surface area contributed by atoms with E-state index >= 15 is 0 Å². The Bertz CT molecular complexity index is 1160. The molecule has 2 aromatic carbocycles. The molecule has 2 amide bonds. The van der Waals surface area contributed by atoms with Crippen LogP contribution in [-0.2, 0) is 4.79 Å². The number of rotatable bonds is 6. The number of anilines is 1. The van der Waals surface area contributed by atoms with Gasteiger partial charge in [0.1, 0.15) is 5.00 Å². The zero-order valence-corrected chi connectivity index (χ0v) is 16.0. The number of amides is 2. The number of fused-ring (bicyclic) bond motifs is 1. The van der Waals surface area contributed by atoms with E-state index < -0.39 is 5.91 Å². The third kappa shape index (κ3) is 3.75. The molecule has 4 aromatic rings. The normalized spacial score (nSPS) is 10.9. The second-order valence-electron chi connectivity index (χ2n) is 5.76. The Hall–Kier alpha value is -3.17. The molecule has 0 aliphatic heterocycles. The lowest BCUT2D eigenvalue weighted by molar-refractivity contribution is -0.113. The monoisotopic (exact) mass is 410 g/mol. The molecule has 0 unspecified atom stereocenters. The minimum absolute atomic E-state index is 0.0628. The summed E-state index contributed by atoms with van der Waals surface area (Å²) >= 11 is 2.36. The number of primary amides is 1. The predicted octanol–water partition coefficient (Wildman–Crippen LogP) is 3.78. The van der Waals surface area contributed by atoms with Gasteiger partial charge in [-0.1, -0.05) is 48.2 Å². The maximum absolute atomic E-state index is 12.1. The van der Waals surface area contributed by atoms with Gasteiger partial charge >= 0.3 is 0 Å². The van der Waals surface area contributed by atoms with Gasteiger partial charge in [-0.2, -0.15) is 0 Å². The van der Waals surface area contributed by atoms with Gasteiger partial charge in [0.25, 0.3) is 11.1 Å². The fourth-order valence-electron chi connectivity index (χ4n) is 2.68. The summed E-state index contributed by atoms with van der Waals surface area (Å²) in [5, 5.41) is 15.3. The van der Waals surface area contributed by atoms with E-state index in [1.807, 2.05) is 42.5 Å². The second kappa shape index (κ2) is 7.83. The van der Waals surface area contributed by atoms with Gasteiger partial charge in [0.2, 0.25) is 11.8 Å². The van der Waals surface area contributed by atoms with Crippen molar-refractivity contribution in [2.45, 2.75) is 5.22 Å². The topological polar surface area (TPSA) is 111 Å². The minimum atomic E-state index is -0.583. The molecule has 4 rings (SSSR count). The highest BCUT2D eigenvalue weighted by molar-refractivity contribution is 7.99. The summed E-state index contributed by atoms with van der Waals surface area (Å²) in [5.74, 6) is -0.414. The lowest BCUT2D eigenvalue weighted by Crippen LogP contribution is -2.17. The van der Waals surface area contributed by atoms with E-state index in [0.29, 0.717) is 21.7 Å². The van der Waals surface area contributed by atoms with Crippen LogP contribution in [0.4, 0.5) is 5.00 Å². The van der Waals surface area contributed by atoms with Crippen LogP contribution in [0.2, 0.25) is 0 Å². The summed E-state index contributed by atoms with van der Waals surface area (Å²) in [6.45, 7) is 0. The van der Waals surface area contributed by atoms with Crippen molar-refractivity contribution in [2.24, 2.45) is 5.73 Å². The molecule has 0 saturated carbocycles. The number of thiophene rings is 1. The number of nitrogens with zero attached hydrogens (tertiary/aromatic N) is 2. The minimum Gasteiger partial charge on any atom is -0.411 e. The van der Waals surface area contributed by atoms with Crippen LogP contribution in [0.25, 0.3) is 22.2 Å². The fraction of sp³-hybridized carbons (Fsp3) is 0.0526. The maximum atomic E-state index is 12.1. The average Bonchev–Trinajstić information content (AvgIpc) is 3.35. The molecule has 28 heavy (non-hydrogen) atoms. The first kappa shape index (κ1) is 18.2. The van der Waals surface area contributed by atoms with Crippen LogP contribution in [0.15, 0.2) is 63.6 Å². The van der Waals surface area contributed by atoms with Crippen LogP contribution in [0.3, 0.4) is 0 Å². The number of hydrogen-bond donors (Lipinski definition) is 2. The van der Waals surface area contributed by atoms with Crippen LogP contribution >= 0.6 is 23.1 Å². The van der Waals surface area contributed by atoms with E-state index in [0.717, 1.165) is 28.1 Å². The smallest absolute Gasteiger partial charge is 0.277 e. The van der Waals surface area contributed by atoms with Gasteiger partial charge < -0.3 is 15.5 Å². The van der Waals surface area contributed by atoms with E-state index in [1.54, 1.807) is 11.4 Å². The van der Waals surface area contributed by atoms with Gasteiger partial charge in [-0.3, -0.25) is 9.59 Å². The third-order valence-corrected chi connectivity index (χ3v) is 5.59. The Kier molecular flexibility index (Phi) is 5.09. The number of nitrogens with one attached hydrogen (secondary N) is 1. The number of carbonyl (C=O) groups excluding carboxylic acids is 2. The standard InChI is InChI=1S/C19H14N4O3S2/c20-16(25)14-8-9-27-18(14)21-15(24)10-28-19-23-22-17(26-19)13-7-3-5-11-4-1-2-6-12(11)13/h1-9H,10H2,(H2,20,25)(H,21,24). The van der Waals surface area contributed by atoms with Gasteiger partial charge in [-0.15, -0.1) is 21.5 Å². The third-order valence-electron chi connectivity index (χ3n) is 3.94. The van der Waals surface area contributed by atoms with Crippen molar-refractivity contribution in [1.29, 1.82) is 0 Å². The molecule has 0 atom stereocenters. The quantitative estimate of drug-likeness (QED) is 0.468. The Morgan fingerprint density at radius 1 is 1.11 bits per heavy atom. The summed E-state index contributed by atoms with van der Waals surface area (Å²) in [5.41, 5.74) is 6.41. The van der Waals surface area contributed by atoms with E-state index in [4.69, 9.17) is 10.2 Å². The summed E-state index contributed by atoms with van der Waals surface area (Å²) < 4.78 is 5.71. The summed E-state index contributed by atoms with van der Waals surface area (Å²) in [4.78, 5) is 23.5. The number of nitrogens with two attached hydrogens (primary N) is 1. The van der Waals surface area contributed by atoms with Gasteiger partial charge in [-0.05, 0) is 28.3 Å². The van der Waals surface area contributed by atoms with Crippen LogP contribution in [0.5, 0.6) is 0 Å². The molecular weight excluding hydrogens is 396 g/mol. The van der Waals surface area contributed by atoms with Crippen molar-refractivity contribution in [3.05, 3.63) is 59.5 Å². The van der Waals surface area contributed by atoms with Crippen LogP contribution in [0.1, 0.15) is 10.4 Å². The Labute approximate surface area is 168 Å². The SMILES string of the molecule is NC(=O)c1ccsc1NC(=O)CSc1nnc(-c2cccc3ccccc23)o1. The van der Waals surface area contributed by atoms with Crippen molar-refractivity contribution >= 4 is 50.7 Å². The maximum Gasteiger partial charge on any atom is 0.277 e. The second-order valence-corrected chi connectivity index (χ2v) is 7.61. The van der Waals surface area contributed by atoms with E-state index in [1.165, 1.54) is 11.3 Å². The molecule has 140 valence electrons. The molecular formula is C19H14N4O3S2. The average molecular weight is 410 g/mol. The van der Waals surface area contributed by atoms with Gasteiger partial charge in [-0.25, -0.2) is 0 Å². The summed E-state index contributed by atoms with van der Waals surface area (Å²) in [6, 6.07) is 15.4. The lowest BCUT2D eigenvalue weighted by atomic mass is 10.0. The number of carbonyl (C=O) groups is 2. The van der Waals surface area contributed by atoms with Gasteiger partial charge in [0.05, 0.1) is 11.3 Å². The van der Waals surface area contributed by atoms with E-state index in [9.17, 15) is 9.59 Å². The number of aromatic nitrogens is 2. The number of thioether (sulfide) groups is 1. The van der Waals surface area contributed by atoms with Crippen molar-refractivity contribution in [1.82, 2.24) is 10.2 Å². The molecule has 0 spiro atoms. The molecule has 0 saturated heterocycles. The van der Waals surface area contributed by atoms with Gasteiger partial charge in [0.15, 0.2) is 0 Å². The molecule has 7 nitrogen and oxygen atoms in total. The van der Waals surface area contributed by atoms with E-state index in [-0.39, 0.29) is 11.7 Å². The fourth-order valence-corrected chi connectivity index (χ4v) is 4.05. The van der Waals surface area contributed by atoms with Gasteiger partial charge in [0, 0.05) is 5.56 Å². The molecule has 0 bridgehead atoms. The van der Waals surface area contributed by atoms with Crippen LogP contribution in [0, 0.1) is 0 Å². The van der Waals surface area contributed by atoms with Crippen molar-refractivity contribution in [3.63, 3.8) is 0 Å². The molecule has 0 radical (unpaired) electrons. The lowest BCUT2D eigenvalue weighted by Gasteiger charge is -2.03. The largest absolute Gasteiger partial charge is 0.411 e. The van der Waals surface area contributed by atoms with Crippen molar-refractivity contribution in [3.8, 4) is 11.5 Å². The van der Waals surface area contributed by atoms with Crippen LogP contribution in [-0.4, -0.2) is 27.8 Å². The molecule has 0 aliphatic rings. The van der Waals surface area contributed by atoms with Crippen molar-refractivity contribution in [2.75, 3.05) is 11.1 Å². The molecule has 2 aromatic heterocycles. The number of hydrogen-bond acceptors (Lipinski definition) is 7. The molecule has 0 fully saturated rings. The highest BCUT2D eigenvalue weighted by Gasteiger charge is 2.15. The molecule has 0 aliphatic carbocycles. The van der Waals surface area contributed by atoms with E-state index in [2.05, 4.69) is 15.5 Å². The molecule has 9 heteroatoms. The molecule has 2 heterocycles. The first-order valence-electron chi connectivity index (χ1n) is 8.23. The zero-order valence-electron chi connectivity index (χ0n) is 14.4. The Morgan fingerprint density at radius 2 is 1.93 bits per heavy atom. The highest BCUT2D eigenvalue weighted by atomic mass is 32.2. The summed E-state index contributed by atoms with van der Waals surface area (Å²) in [6.07, 6.45) is 0.